The van der Waals surface area contributed by atoms with E-state index in [2.05, 4.69) is 29.4 Å². The summed E-state index contributed by atoms with van der Waals surface area (Å²) in [5.41, 5.74) is 0. The van der Waals surface area contributed by atoms with E-state index in [1.807, 2.05) is 6.08 Å². The summed E-state index contributed by atoms with van der Waals surface area (Å²) in [5.74, 6) is 0. The summed E-state index contributed by atoms with van der Waals surface area (Å²) in [5, 5.41) is 0. The van der Waals surface area contributed by atoms with Crippen LogP contribution in [0.2, 0.25) is 0 Å². The normalized spacial score (nSPS) is 12.5. The average molecular weight is 331 g/mol. The van der Waals surface area contributed by atoms with Crippen LogP contribution in [-0.4, -0.2) is 4.83 Å². The first kappa shape index (κ1) is 19.2. The van der Waals surface area contributed by atoms with Crippen molar-refractivity contribution in [2.24, 2.45) is 0 Å². The summed E-state index contributed by atoms with van der Waals surface area (Å²) in [4.78, 5) is 0.766. The molecule has 1 atom stereocenters. The number of unbranched alkanes of at least 4 members (excludes halogenated alkanes) is 10. The van der Waals surface area contributed by atoms with Crippen LogP contribution in [-0.2, 0) is 0 Å². The van der Waals surface area contributed by atoms with Gasteiger partial charge in [0.05, 0.1) is 0 Å². The van der Waals surface area contributed by atoms with Gasteiger partial charge < -0.3 is 0 Å². The Labute approximate surface area is 130 Å². The highest BCUT2D eigenvalue weighted by atomic mass is 79.9. The van der Waals surface area contributed by atoms with Crippen LogP contribution in [0, 0.1) is 0 Å². The Morgan fingerprint density at radius 3 is 1.79 bits per heavy atom. The second kappa shape index (κ2) is 16.3. The topological polar surface area (TPSA) is 0 Å². The van der Waals surface area contributed by atoms with Crippen LogP contribution in [0.1, 0.15) is 96.8 Å². The predicted octanol–water partition coefficient (Wildman–Crippen LogP) is 7.42. The van der Waals surface area contributed by atoms with Gasteiger partial charge in [0, 0.05) is 4.83 Å². The predicted molar refractivity (Wildman–Crippen MR) is 93.2 cm³/mol. The zero-order valence-corrected chi connectivity index (χ0v) is 14.7. The molecular formula is C18H35Br. The number of hydrogen-bond donors (Lipinski definition) is 0. The van der Waals surface area contributed by atoms with Crippen molar-refractivity contribution in [3.05, 3.63) is 12.7 Å². The van der Waals surface area contributed by atoms with Gasteiger partial charge in [0.1, 0.15) is 0 Å². The molecule has 114 valence electrons. The van der Waals surface area contributed by atoms with E-state index in [0.29, 0.717) is 0 Å². The van der Waals surface area contributed by atoms with Gasteiger partial charge in [0.15, 0.2) is 0 Å². The summed E-state index contributed by atoms with van der Waals surface area (Å²) in [6.07, 6.45) is 21.4. The van der Waals surface area contributed by atoms with Gasteiger partial charge in [0.25, 0.3) is 0 Å². The molecule has 0 nitrogen and oxygen atoms in total. The van der Waals surface area contributed by atoms with Gasteiger partial charge in [-0.15, -0.1) is 6.58 Å². The number of alkyl halides is 1. The first-order chi connectivity index (χ1) is 9.31. The smallest absolute Gasteiger partial charge is 0.0145 e. The molecule has 0 rings (SSSR count). The molecular weight excluding hydrogens is 296 g/mol. The molecule has 1 heteroatoms. The van der Waals surface area contributed by atoms with Gasteiger partial charge in [-0.25, -0.2) is 0 Å². The molecule has 0 bridgehead atoms. The number of rotatable bonds is 15. The van der Waals surface area contributed by atoms with E-state index in [1.54, 1.807) is 0 Å². The third-order valence-electron chi connectivity index (χ3n) is 3.80. The highest BCUT2D eigenvalue weighted by Crippen LogP contribution is 2.19. The van der Waals surface area contributed by atoms with Crippen LogP contribution in [0.4, 0.5) is 0 Å². The maximum absolute atomic E-state index is 3.84. The van der Waals surface area contributed by atoms with Gasteiger partial charge in [-0.2, -0.15) is 0 Å². The zero-order chi connectivity index (χ0) is 14.2. The second-order valence-electron chi connectivity index (χ2n) is 5.79. The lowest BCUT2D eigenvalue weighted by molar-refractivity contribution is 0.547. The molecule has 0 saturated heterocycles. The molecule has 0 saturated carbocycles. The Hall–Kier alpha value is 0.220. The molecule has 0 aliphatic heterocycles. The van der Waals surface area contributed by atoms with Crippen molar-refractivity contribution in [3.63, 3.8) is 0 Å². The van der Waals surface area contributed by atoms with Crippen LogP contribution in [0.15, 0.2) is 12.7 Å². The second-order valence-corrected chi connectivity index (χ2v) is 7.08. The van der Waals surface area contributed by atoms with Gasteiger partial charge >= 0.3 is 0 Å². The average Bonchev–Trinajstić information content (AvgIpc) is 2.41. The van der Waals surface area contributed by atoms with Crippen LogP contribution < -0.4 is 0 Å². The van der Waals surface area contributed by atoms with E-state index < -0.39 is 0 Å². The first-order valence-corrected chi connectivity index (χ1v) is 9.47. The minimum atomic E-state index is 0.766. The van der Waals surface area contributed by atoms with Crippen molar-refractivity contribution < 1.29 is 0 Å². The zero-order valence-electron chi connectivity index (χ0n) is 13.1. The molecule has 0 aromatic heterocycles. The molecule has 0 radical (unpaired) electrons. The monoisotopic (exact) mass is 330 g/mol. The van der Waals surface area contributed by atoms with Crippen molar-refractivity contribution in [2.75, 3.05) is 0 Å². The van der Waals surface area contributed by atoms with Crippen molar-refractivity contribution in [1.29, 1.82) is 0 Å². The van der Waals surface area contributed by atoms with Gasteiger partial charge in [-0.1, -0.05) is 93.1 Å². The van der Waals surface area contributed by atoms with Crippen LogP contribution in [0.25, 0.3) is 0 Å². The standard InChI is InChI=1S/C18H35Br/c1-3-5-7-9-11-13-15-17-18(19)16-14-12-10-8-6-4-2/h4,18H,2-3,5-17H2,1H3. The van der Waals surface area contributed by atoms with Crippen LogP contribution in [0.3, 0.4) is 0 Å². The Morgan fingerprint density at radius 1 is 0.789 bits per heavy atom. The molecule has 0 aliphatic rings. The molecule has 0 N–H and O–H groups in total. The summed E-state index contributed by atoms with van der Waals surface area (Å²) in [6.45, 7) is 6.05. The van der Waals surface area contributed by atoms with Crippen molar-refractivity contribution in [2.45, 2.75) is 102 Å². The SMILES string of the molecule is C=CCCCCCCC(Br)CCCCCCCCC. The molecule has 0 aromatic rings. The fourth-order valence-corrected chi connectivity index (χ4v) is 3.12. The lowest BCUT2D eigenvalue weighted by atomic mass is 10.0. The lowest BCUT2D eigenvalue weighted by Crippen LogP contribution is -1.97. The van der Waals surface area contributed by atoms with E-state index in [9.17, 15) is 0 Å². The largest absolute Gasteiger partial charge is 0.103 e. The van der Waals surface area contributed by atoms with E-state index in [-0.39, 0.29) is 0 Å². The molecule has 0 spiro atoms. The van der Waals surface area contributed by atoms with E-state index in [4.69, 9.17) is 0 Å². The third-order valence-corrected chi connectivity index (χ3v) is 4.71. The summed E-state index contributed by atoms with van der Waals surface area (Å²) in [6, 6.07) is 0. The maximum atomic E-state index is 3.84. The Bertz CT molecular complexity index is 177. The summed E-state index contributed by atoms with van der Waals surface area (Å²) < 4.78 is 0. The van der Waals surface area contributed by atoms with Gasteiger partial charge in [-0.05, 0) is 25.7 Å². The maximum Gasteiger partial charge on any atom is 0.0145 e. The Morgan fingerprint density at radius 2 is 1.26 bits per heavy atom. The van der Waals surface area contributed by atoms with Crippen molar-refractivity contribution in [1.82, 2.24) is 0 Å². The Kier molecular flexibility index (Phi) is 16.5. The molecule has 0 aromatic carbocycles. The third kappa shape index (κ3) is 16.2. The van der Waals surface area contributed by atoms with Crippen molar-refractivity contribution in [3.8, 4) is 0 Å². The minimum Gasteiger partial charge on any atom is -0.103 e. The molecule has 1 unspecified atom stereocenters. The van der Waals surface area contributed by atoms with E-state index in [1.165, 1.54) is 89.9 Å². The van der Waals surface area contributed by atoms with Crippen LogP contribution >= 0.6 is 15.9 Å². The molecule has 19 heavy (non-hydrogen) atoms. The van der Waals surface area contributed by atoms with Gasteiger partial charge in [-0.3, -0.25) is 0 Å². The highest BCUT2D eigenvalue weighted by Gasteiger charge is 2.03. The number of halogens is 1. The van der Waals surface area contributed by atoms with Gasteiger partial charge in [0.2, 0.25) is 0 Å². The fraction of sp³-hybridized carbons (Fsp3) is 0.889. The molecule has 0 fully saturated rings. The number of allylic oxidation sites excluding steroid dienone is 1. The first-order valence-electron chi connectivity index (χ1n) is 8.56. The van der Waals surface area contributed by atoms with E-state index in [0.717, 1.165) is 4.83 Å². The lowest BCUT2D eigenvalue weighted by Gasteiger charge is -2.09. The number of hydrogen-bond acceptors (Lipinski definition) is 0. The van der Waals surface area contributed by atoms with Crippen LogP contribution in [0.5, 0.6) is 0 Å². The Balaban J connectivity index is 3.12. The highest BCUT2D eigenvalue weighted by molar-refractivity contribution is 9.09. The summed E-state index contributed by atoms with van der Waals surface area (Å²) in [7, 11) is 0. The van der Waals surface area contributed by atoms with E-state index >= 15 is 0 Å². The molecule has 0 heterocycles. The summed E-state index contributed by atoms with van der Waals surface area (Å²) >= 11 is 3.84. The molecule has 0 aliphatic carbocycles. The minimum absolute atomic E-state index is 0.766. The quantitative estimate of drug-likeness (QED) is 0.166. The fourth-order valence-electron chi connectivity index (χ4n) is 2.48. The van der Waals surface area contributed by atoms with Crippen molar-refractivity contribution >= 4 is 15.9 Å². The molecule has 0 amide bonds.